The molecule has 0 radical (unpaired) electrons. The molecule has 0 heterocycles. The van der Waals surface area contributed by atoms with Crippen molar-refractivity contribution < 1.29 is 4.74 Å². The highest BCUT2D eigenvalue weighted by Crippen LogP contribution is 2.15. The van der Waals surface area contributed by atoms with Gasteiger partial charge in [0.25, 0.3) is 0 Å². The average Bonchev–Trinajstić information content (AvgIpc) is 2.68. The minimum Gasteiger partial charge on any atom is -0.497 e. The number of nitrogens with one attached hydrogen (secondary N) is 1. The van der Waals surface area contributed by atoms with E-state index in [4.69, 9.17) is 10.5 Å². The molecule has 1 unspecified atom stereocenters. The molecule has 0 saturated carbocycles. The molecular formula is C21H30N4O. The Labute approximate surface area is 156 Å². The average molecular weight is 354 g/mol. The van der Waals surface area contributed by atoms with Crippen molar-refractivity contribution in [3.63, 3.8) is 0 Å². The maximum absolute atomic E-state index is 6.09. The Kier molecular flexibility index (Phi) is 7.96. The molecule has 5 nitrogen and oxygen atoms in total. The number of aliphatic imine (C=N–C) groups is 1. The van der Waals surface area contributed by atoms with Crippen LogP contribution in [-0.4, -0.2) is 43.6 Å². The molecule has 0 aliphatic heterocycles. The zero-order chi connectivity index (χ0) is 18.8. The summed E-state index contributed by atoms with van der Waals surface area (Å²) in [5, 5.41) is 3.14. The lowest BCUT2D eigenvalue weighted by Crippen LogP contribution is -2.39. The molecule has 3 N–H and O–H groups in total. The number of nitrogens with two attached hydrogens (primary N) is 1. The number of hydrogen-bond donors (Lipinski definition) is 2. The minimum absolute atomic E-state index is 0.323. The summed E-state index contributed by atoms with van der Waals surface area (Å²) in [4.78, 5) is 7.01. The molecule has 0 aliphatic carbocycles. The van der Waals surface area contributed by atoms with Gasteiger partial charge in [-0.1, -0.05) is 44.2 Å². The Morgan fingerprint density at radius 3 is 2.31 bits per heavy atom. The fourth-order valence-corrected chi connectivity index (χ4v) is 3.00. The molecule has 0 fully saturated rings. The van der Waals surface area contributed by atoms with E-state index in [-0.39, 0.29) is 0 Å². The molecule has 140 valence electrons. The summed E-state index contributed by atoms with van der Waals surface area (Å²) >= 11 is 0. The second kappa shape index (κ2) is 10.5. The second-order valence-electron chi connectivity index (χ2n) is 6.14. The Morgan fingerprint density at radius 1 is 1.08 bits per heavy atom. The van der Waals surface area contributed by atoms with Crippen molar-refractivity contribution in [2.24, 2.45) is 10.7 Å². The topological polar surface area (TPSA) is 62.9 Å². The van der Waals surface area contributed by atoms with Gasteiger partial charge in [-0.2, -0.15) is 0 Å². The first kappa shape index (κ1) is 19.8. The molecule has 5 heteroatoms. The van der Waals surface area contributed by atoms with Gasteiger partial charge >= 0.3 is 0 Å². The van der Waals surface area contributed by atoms with E-state index in [2.05, 4.69) is 53.3 Å². The van der Waals surface area contributed by atoms with E-state index < -0.39 is 0 Å². The number of benzene rings is 2. The van der Waals surface area contributed by atoms with E-state index in [1.807, 2.05) is 30.3 Å². The van der Waals surface area contributed by atoms with Gasteiger partial charge in [-0.3, -0.25) is 9.89 Å². The smallest absolute Gasteiger partial charge is 0.193 e. The molecule has 0 aromatic heterocycles. The number of hydrogen-bond acceptors (Lipinski definition) is 3. The lowest BCUT2D eigenvalue weighted by atomic mass is 10.0. The van der Waals surface area contributed by atoms with Crippen LogP contribution in [0, 0.1) is 0 Å². The van der Waals surface area contributed by atoms with Gasteiger partial charge in [0, 0.05) is 11.7 Å². The van der Waals surface area contributed by atoms with Crippen LogP contribution in [0.5, 0.6) is 5.75 Å². The monoisotopic (exact) mass is 354 g/mol. The maximum Gasteiger partial charge on any atom is 0.193 e. The normalized spacial score (nSPS) is 12.8. The quantitative estimate of drug-likeness (QED) is 0.535. The third-order valence-corrected chi connectivity index (χ3v) is 4.48. The summed E-state index contributed by atoms with van der Waals surface area (Å²) in [7, 11) is 1.65. The first-order valence-electron chi connectivity index (χ1n) is 9.15. The Hall–Kier alpha value is -2.53. The number of ether oxygens (including phenoxy) is 1. The second-order valence-corrected chi connectivity index (χ2v) is 6.14. The van der Waals surface area contributed by atoms with Crippen LogP contribution in [0.4, 0.5) is 5.69 Å². The van der Waals surface area contributed by atoms with Gasteiger partial charge in [0.15, 0.2) is 5.96 Å². The van der Waals surface area contributed by atoms with E-state index in [0.717, 1.165) is 30.9 Å². The first-order chi connectivity index (χ1) is 12.7. The number of rotatable bonds is 9. The van der Waals surface area contributed by atoms with Gasteiger partial charge in [-0.25, -0.2) is 0 Å². The highest BCUT2D eigenvalue weighted by molar-refractivity contribution is 5.92. The van der Waals surface area contributed by atoms with Gasteiger partial charge in [-0.15, -0.1) is 0 Å². The lowest BCUT2D eigenvalue weighted by Gasteiger charge is -2.28. The van der Waals surface area contributed by atoms with Crippen LogP contribution in [0.1, 0.15) is 19.4 Å². The molecule has 2 aromatic rings. The van der Waals surface area contributed by atoms with Crippen LogP contribution in [0.3, 0.4) is 0 Å². The van der Waals surface area contributed by atoms with Gasteiger partial charge in [-0.05, 0) is 49.3 Å². The Balaban J connectivity index is 2.02. The van der Waals surface area contributed by atoms with Gasteiger partial charge in [0.2, 0.25) is 0 Å². The van der Waals surface area contributed by atoms with Crippen LogP contribution in [0.15, 0.2) is 59.6 Å². The molecule has 1 atom stereocenters. The Bertz CT molecular complexity index is 666. The molecule has 0 bridgehead atoms. The first-order valence-corrected chi connectivity index (χ1v) is 9.15. The third-order valence-electron chi connectivity index (χ3n) is 4.48. The maximum atomic E-state index is 6.09. The van der Waals surface area contributed by atoms with Crippen molar-refractivity contribution in [1.29, 1.82) is 0 Å². The van der Waals surface area contributed by atoms with Crippen molar-refractivity contribution in [2.75, 3.05) is 32.1 Å². The molecular weight excluding hydrogens is 324 g/mol. The SMILES string of the molecule is CCN(CC)C(CN=C(N)Nc1ccc(OC)cc1)Cc1ccccc1. The number of likely N-dealkylation sites (N-methyl/N-ethyl adjacent to an activating group) is 1. The molecule has 0 saturated heterocycles. The summed E-state index contributed by atoms with van der Waals surface area (Å²) in [5.74, 6) is 1.25. The van der Waals surface area contributed by atoms with Gasteiger partial charge < -0.3 is 15.8 Å². The van der Waals surface area contributed by atoms with Crippen LogP contribution in [0.2, 0.25) is 0 Å². The fourth-order valence-electron chi connectivity index (χ4n) is 3.00. The van der Waals surface area contributed by atoms with E-state index in [1.165, 1.54) is 5.56 Å². The zero-order valence-electron chi connectivity index (χ0n) is 16.0. The summed E-state index contributed by atoms with van der Waals surface area (Å²) < 4.78 is 5.17. The predicted octanol–water partition coefficient (Wildman–Crippen LogP) is 3.37. The van der Waals surface area contributed by atoms with Crippen LogP contribution in [-0.2, 0) is 6.42 Å². The molecule has 2 aromatic carbocycles. The molecule has 26 heavy (non-hydrogen) atoms. The standard InChI is InChI=1S/C21H30N4O/c1-4-25(5-2)19(15-17-9-7-6-8-10-17)16-23-21(22)24-18-11-13-20(26-3)14-12-18/h6-14,19H,4-5,15-16H2,1-3H3,(H3,22,23,24). The molecule has 2 rings (SSSR count). The number of methoxy groups -OCH3 is 1. The Morgan fingerprint density at radius 2 is 1.73 bits per heavy atom. The predicted molar refractivity (Wildman–Crippen MR) is 110 cm³/mol. The van der Waals surface area contributed by atoms with E-state index in [9.17, 15) is 0 Å². The van der Waals surface area contributed by atoms with Crippen LogP contribution >= 0.6 is 0 Å². The summed E-state index contributed by atoms with van der Waals surface area (Å²) in [6.45, 7) is 7.02. The fraction of sp³-hybridized carbons (Fsp3) is 0.381. The van der Waals surface area contributed by atoms with Crippen molar-refractivity contribution in [3.8, 4) is 5.75 Å². The van der Waals surface area contributed by atoms with Crippen LogP contribution in [0.25, 0.3) is 0 Å². The highest BCUT2D eigenvalue weighted by Gasteiger charge is 2.16. The molecule has 0 amide bonds. The van der Waals surface area contributed by atoms with Crippen molar-refractivity contribution in [2.45, 2.75) is 26.3 Å². The molecule has 0 spiro atoms. The molecule has 0 aliphatic rings. The van der Waals surface area contributed by atoms with Crippen molar-refractivity contribution >= 4 is 11.6 Å². The number of nitrogens with zero attached hydrogens (tertiary/aromatic N) is 2. The number of anilines is 1. The van der Waals surface area contributed by atoms with E-state index in [1.54, 1.807) is 7.11 Å². The summed E-state index contributed by atoms with van der Waals surface area (Å²) in [6.07, 6.45) is 0.960. The van der Waals surface area contributed by atoms with E-state index in [0.29, 0.717) is 18.5 Å². The zero-order valence-corrected chi connectivity index (χ0v) is 16.0. The minimum atomic E-state index is 0.323. The van der Waals surface area contributed by atoms with Crippen LogP contribution < -0.4 is 15.8 Å². The summed E-state index contributed by atoms with van der Waals surface area (Å²) in [6, 6.07) is 18.5. The third kappa shape index (κ3) is 6.08. The highest BCUT2D eigenvalue weighted by atomic mass is 16.5. The van der Waals surface area contributed by atoms with Gasteiger partial charge in [0.1, 0.15) is 5.75 Å². The van der Waals surface area contributed by atoms with Crippen molar-refractivity contribution in [3.05, 3.63) is 60.2 Å². The van der Waals surface area contributed by atoms with Crippen molar-refractivity contribution in [1.82, 2.24) is 4.90 Å². The largest absolute Gasteiger partial charge is 0.497 e. The van der Waals surface area contributed by atoms with Gasteiger partial charge in [0.05, 0.1) is 13.7 Å². The summed E-state index contributed by atoms with van der Waals surface area (Å²) in [5.41, 5.74) is 8.31. The van der Waals surface area contributed by atoms with E-state index >= 15 is 0 Å². The lowest BCUT2D eigenvalue weighted by molar-refractivity contribution is 0.220. The number of guanidine groups is 1.